The number of anilines is 2. The summed E-state index contributed by atoms with van der Waals surface area (Å²) in [6.45, 7) is 0.515. The van der Waals surface area contributed by atoms with Crippen molar-refractivity contribution < 1.29 is 13.2 Å². The number of nitrogens with one attached hydrogen (secondary N) is 2. The minimum absolute atomic E-state index is 0.0228. The molecule has 6 nitrogen and oxygen atoms in total. The van der Waals surface area contributed by atoms with Crippen LogP contribution in [0.15, 0.2) is 23.1 Å². The maximum atomic E-state index is 11.5. The molecular weight excluding hydrogens is 254 g/mol. The maximum Gasteiger partial charge on any atom is 0.222 e. The zero-order valence-electron chi connectivity index (χ0n) is 9.93. The molecule has 18 heavy (non-hydrogen) atoms. The second-order valence-corrected chi connectivity index (χ2v) is 6.32. The van der Waals surface area contributed by atoms with Crippen LogP contribution in [0, 0.1) is 0 Å². The van der Waals surface area contributed by atoms with Gasteiger partial charge in [-0.1, -0.05) is 6.07 Å². The SMILES string of the molecule is CS(=O)(=O)c1cccc(NC2CNC(=O)C2)c1N. The van der Waals surface area contributed by atoms with E-state index in [0.717, 1.165) is 6.26 Å². The molecule has 1 amide bonds. The fourth-order valence-electron chi connectivity index (χ4n) is 1.92. The molecule has 1 aromatic rings. The third-order valence-electron chi connectivity index (χ3n) is 2.80. The summed E-state index contributed by atoms with van der Waals surface area (Å²) in [5, 5.41) is 5.77. The van der Waals surface area contributed by atoms with Crippen molar-refractivity contribution in [1.29, 1.82) is 0 Å². The van der Waals surface area contributed by atoms with Gasteiger partial charge in [0, 0.05) is 19.2 Å². The molecule has 0 radical (unpaired) electrons. The van der Waals surface area contributed by atoms with Gasteiger partial charge >= 0.3 is 0 Å². The van der Waals surface area contributed by atoms with Gasteiger partial charge in [0.05, 0.1) is 22.3 Å². The van der Waals surface area contributed by atoms with Gasteiger partial charge in [0.25, 0.3) is 0 Å². The number of nitrogens with two attached hydrogens (primary N) is 1. The summed E-state index contributed by atoms with van der Waals surface area (Å²) in [5.74, 6) is -0.0228. The van der Waals surface area contributed by atoms with Crippen molar-refractivity contribution in [1.82, 2.24) is 5.32 Å². The predicted molar refractivity (Wildman–Crippen MR) is 69.0 cm³/mol. The summed E-state index contributed by atoms with van der Waals surface area (Å²) in [4.78, 5) is 11.2. The third-order valence-corrected chi connectivity index (χ3v) is 3.96. The summed E-state index contributed by atoms with van der Waals surface area (Å²) < 4.78 is 23.0. The van der Waals surface area contributed by atoms with E-state index in [-0.39, 0.29) is 22.5 Å². The zero-order chi connectivity index (χ0) is 13.3. The lowest BCUT2D eigenvalue weighted by molar-refractivity contribution is -0.119. The largest absolute Gasteiger partial charge is 0.396 e. The van der Waals surface area contributed by atoms with Gasteiger partial charge in [0.15, 0.2) is 9.84 Å². The van der Waals surface area contributed by atoms with Crippen LogP contribution >= 0.6 is 0 Å². The van der Waals surface area contributed by atoms with Gasteiger partial charge in [-0.05, 0) is 12.1 Å². The molecule has 1 aromatic carbocycles. The number of nitrogen functional groups attached to an aromatic ring is 1. The van der Waals surface area contributed by atoms with Gasteiger partial charge in [-0.25, -0.2) is 8.42 Å². The molecule has 1 aliphatic heterocycles. The van der Waals surface area contributed by atoms with Crippen molar-refractivity contribution in [2.24, 2.45) is 0 Å². The fraction of sp³-hybridized carbons (Fsp3) is 0.364. The summed E-state index contributed by atoms with van der Waals surface area (Å²) in [6, 6.07) is 4.73. The molecule has 1 saturated heterocycles. The molecule has 0 aliphatic carbocycles. The number of sulfone groups is 1. The number of carbonyl (C=O) groups excluding carboxylic acids is 1. The number of hydrogen-bond acceptors (Lipinski definition) is 5. The van der Waals surface area contributed by atoms with Gasteiger partial charge in [-0.2, -0.15) is 0 Å². The normalized spacial score (nSPS) is 19.6. The number of amides is 1. The number of hydrogen-bond donors (Lipinski definition) is 3. The molecule has 2 rings (SSSR count). The van der Waals surface area contributed by atoms with Crippen LogP contribution in [0.25, 0.3) is 0 Å². The van der Waals surface area contributed by atoms with E-state index in [2.05, 4.69) is 10.6 Å². The predicted octanol–water partition coefficient (Wildman–Crippen LogP) is -0.0273. The van der Waals surface area contributed by atoms with E-state index in [4.69, 9.17) is 5.73 Å². The van der Waals surface area contributed by atoms with Gasteiger partial charge in [0.2, 0.25) is 5.91 Å². The minimum atomic E-state index is -3.35. The lowest BCUT2D eigenvalue weighted by Gasteiger charge is -2.15. The van der Waals surface area contributed by atoms with Crippen molar-refractivity contribution in [3.63, 3.8) is 0 Å². The van der Waals surface area contributed by atoms with Crippen molar-refractivity contribution >= 4 is 27.1 Å². The first kappa shape index (κ1) is 12.7. The Kier molecular flexibility index (Phi) is 3.16. The topological polar surface area (TPSA) is 101 Å². The second kappa shape index (κ2) is 4.49. The summed E-state index contributed by atoms with van der Waals surface area (Å²) >= 11 is 0. The van der Waals surface area contributed by atoms with E-state index in [1.165, 1.54) is 6.07 Å². The number of carbonyl (C=O) groups is 1. The Morgan fingerprint density at radius 2 is 2.17 bits per heavy atom. The van der Waals surface area contributed by atoms with E-state index >= 15 is 0 Å². The van der Waals surface area contributed by atoms with Gasteiger partial charge < -0.3 is 16.4 Å². The first-order valence-electron chi connectivity index (χ1n) is 5.49. The Hall–Kier alpha value is -1.76. The monoisotopic (exact) mass is 269 g/mol. The molecule has 1 fully saturated rings. The molecule has 0 spiro atoms. The highest BCUT2D eigenvalue weighted by Gasteiger charge is 2.22. The first-order valence-corrected chi connectivity index (χ1v) is 7.39. The van der Waals surface area contributed by atoms with E-state index < -0.39 is 9.84 Å². The van der Waals surface area contributed by atoms with E-state index in [0.29, 0.717) is 18.7 Å². The second-order valence-electron chi connectivity index (χ2n) is 4.34. The minimum Gasteiger partial charge on any atom is -0.396 e. The Balaban J connectivity index is 2.27. The molecule has 0 saturated carbocycles. The van der Waals surface area contributed by atoms with Crippen LogP contribution in [-0.2, 0) is 14.6 Å². The van der Waals surface area contributed by atoms with E-state index in [1.54, 1.807) is 12.1 Å². The van der Waals surface area contributed by atoms with Crippen LogP contribution in [0.3, 0.4) is 0 Å². The highest BCUT2D eigenvalue weighted by Crippen LogP contribution is 2.27. The molecule has 0 aromatic heterocycles. The summed E-state index contributed by atoms with van der Waals surface area (Å²) in [6.07, 6.45) is 1.48. The maximum absolute atomic E-state index is 11.5. The average molecular weight is 269 g/mol. The quantitative estimate of drug-likeness (QED) is 0.669. The van der Waals surface area contributed by atoms with Crippen LogP contribution < -0.4 is 16.4 Å². The molecule has 4 N–H and O–H groups in total. The molecule has 1 heterocycles. The van der Waals surface area contributed by atoms with Crippen molar-refractivity contribution in [3.8, 4) is 0 Å². The molecule has 1 aliphatic rings. The number of benzene rings is 1. The fourth-order valence-corrected chi connectivity index (χ4v) is 2.76. The van der Waals surface area contributed by atoms with Crippen LogP contribution in [0.1, 0.15) is 6.42 Å². The number of para-hydroxylation sites is 1. The lowest BCUT2D eigenvalue weighted by Crippen LogP contribution is -2.23. The third kappa shape index (κ3) is 2.56. The highest BCUT2D eigenvalue weighted by atomic mass is 32.2. The summed E-state index contributed by atoms with van der Waals surface area (Å²) in [5.41, 5.74) is 6.57. The van der Waals surface area contributed by atoms with Gasteiger partial charge in [0.1, 0.15) is 0 Å². The molecular formula is C11H15N3O3S. The molecule has 7 heteroatoms. The van der Waals surface area contributed by atoms with Gasteiger partial charge in [-0.3, -0.25) is 4.79 Å². The van der Waals surface area contributed by atoms with Gasteiger partial charge in [-0.15, -0.1) is 0 Å². The Morgan fingerprint density at radius 1 is 1.44 bits per heavy atom. The Labute approximate surface area is 105 Å². The zero-order valence-corrected chi connectivity index (χ0v) is 10.8. The van der Waals surface area contributed by atoms with Crippen LogP contribution in [0.2, 0.25) is 0 Å². The van der Waals surface area contributed by atoms with Crippen molar-refractivity contribution in [2.75, 3.05) is 23.9 Å². The average Bonchev–Trinajstić information content (AvgIpc) is 2.65. The number of rotatable bonds is 3. The summed E-state index contributed by atoms with van der Waals surface area (Å²) in [7, 11) is -3.35. The van der Waals surface area contributed by atoms with Crippen LogP contribution in [0.4, 0.5) is 11.4 Å². The van der Waals surface area contributed by atoms with E-state index in [1.807, 2.05) is 0 Å². The molecule has 98 valence electrons. The van der Waals surface area contributed by atoms with Crippen LogP contribution in [0.5, 0.6) is 0 Å². The smallest absolute Gasteiger partial charge is 0.222 e. The Bertz CT molecular complexity index is 583. The van der Waals surface area contributed by atoms with Crippen molar-refractivity contribution in [3.05, 3.63) is 18.2 Å². The van der Waals surface area contributed by atoms with Crippen molar-refractivity contribution in [2.45, 2.75) is 17.4 Å². The standard InChI is InChI=1S/C11H15N3O3S/c1-18(16,17)9-4-2-3-8(11(9)12)14-7-5-10(15)13-6-7/h2-4,7,14H,5-6,12H2,1H3,(H,13,15). The van der Waals surface area contributed by atoms with Crippen LogP contribution in [-0.4, -0.2) is 33.2 Å². The van der Waals surface area contributed by atoms with E-state index in [9.17, 15) is 13.2 Å². The lowest BCUT2D eigenvalue weighted by atomic mass is 10.2. The molecule has 1 atom stereocenters. The molecule has 1 unspecified atom stereocenters. The highest BCUT2D eigenvalue weighted by molar-refractivity contribution is 7.90. The molecule has 0 bridgehead atoms. The first-order chi connectivity index (χ1) is 8.38. The Morgan fingerprint density at radius 3 is 2.72 bits per heavy atom.